The second-order valence-corrected chi connectivity index (χ2v) is 9.35. The number of nitrogens with one attached hydrogen (secondary N) is 1. The van der Waals surface area contributed by atoms with Crippen molar-refractivity contribution in [1.82, 2.24) is 14.7 Å². The van der Waals surface area contributed by atoms with Gasteiger partial charge in [0.1, 0.15) is 5.82 Å². The Hall–Kier alpha value is -3.13. The Bertz CT molecular complexity index is 1290. The van der Waals surface area contributed by atoms with Crippen molar-refractivity contribution in [2.75, 3.05) is 18.4 Å². The van der Waals surface area contributed by atoms with Gasteiger partial charge in [-0.3, -0.25) is 9.59 Å². The highest BCUT2D eigenvalue weighted by molar-refractivity contribution is 7.10. The minimum absolute atomic E-state index is 0.0616. The van der Waals surface area contributed by atoms with Crippen molar-refractivity contribution in [3.05, 3.63) is 87.0 Å². The quantitative estimate of drug-likeness (QED) is 0.317. The molecule has 1 N–H and O–H groups in total. The van der Waals surface area contributed by atoms with E-state index in [0.29, 0.717) is 33.8 Å². The van der Waals surface area contributed by atoms with E-state index in [-0.39, 0.29) is 24.8 Å². The average Bonchev–Trinajstić information content (AvgIpc) is 3.50. The lowest BCUT2D eigenvalue weighted by atomic mass is 10.1. The van der Waals surface area contributed by atoms with Gasteiger partial charge >= 0.3 is 0 Å². The Kier molecular flexibility index (Phi) is 7.67. The summed E-state index contributed by atoms with van der Waals surface area (Å²) < 4.78 is 1.60. The number of thiophene rings is 1. The second kappa shape index (κ2) is 10.9. The predicted octanol–water partition coefficient (Wildman–Crippen LogP) is 5.94. The summed E-state index contributed by atoms with van der Waals surface area (Å²) in [4.78, 5) is 28.1. The standard InChI is InChI=1S/C25H22Cl2N4O2S/c1-2-30(25(33)14-19-9-6-12-34-19)16-24(32)28-23-15-22(17-7-4-3-5-8-17)29-31(23)18-10-11-20(26)21(27)13-18/h3-13,15H,2,14,16H2,1H3,(H,28,32). The molecule has 0 atom stereocenters. The van der Waals surface area contributed by atoms with Gasteiger partial charge in [0.2, 0.25) is 11.8 Å². The molecule has 0 unspecified atom stereocenters. The molecule has 2 aromatic heterocycles. The van der Waals surface area contributed by atoms with Crippen LogP contribution >= 0.6 is 34.5 Å². The molecule has 0 saturated heterocycles. The summed E-state index contributed by atoms with van der Waals surface area (Å²) in [7, 11) is 0. The van der Waals surface area contributed by atoms with E-state index in [1.54, 1.807) is 28.9 Å². The number of likely N-dealkylation sites (N-methyl/N-ethyl adjacent to an activating group) is 1. The molecule has 0 aliphatic heterocycles. The molecule has 34 heavy (non-hydrogen) atoms. The first-order valence-electron chi connectivity index (χ1n) is 10.7. The second-order valence-electron chi connectivity index (χ2n) is 7.50. The first-order valence-corrected chi connectivity index (χ1v) is 12.3. The lowest BCUT2D eigenvalue weighted by Crippen LogP contribution is -2.38. The van der Waals surface area contributed by atoms with Crippen LogP contribution in [0.15, 0.2) is 72.1 Å². The van der Waals surface area contributed by atoms with Crippen LogP contribution in [0.1, 0.15) is 11.8 Å². The molecular weight excluding hydrogens is 491 g/mol. The average molecular weight is 513 g/mol. The third-order valence-electron chi connectivity index (χ3n) is 5.17. The molecule has 0 aliphatic carbocycles. The monoisotopic (exact) mass is 512 g/mol. The van der Waals surface area contributed by atoms with Crippen molar-refractivity contribution in [2.45, 2.75) is 13.3 Å². The summed E-state index contributed by atoms with van der Waals surface area (Å²) >= 11 is 13.8. The summed E-state index contributed by atoms with van der Waals surface area (Å²) in [6.45, 7) is 2.22. The zero-order valence-electron chi connectivity index (χ0n) is 18.4. The summed E-state index contributed by atoms with van der Waals surface area (Å²) in [5, 5.41) is 10.3. The fourth-order valence-corrected chi connectivity index (χ4v) is 4.43. The van der Waals surface area contributed by atoms with Gasteiger partial charge in [0.15, 0.2) is 0 Å². The molecule has 0 saturated carbocycles. The number of carbonyl (C=O) groups is 2. The van der Waals surface area contributed by atoms with Crippen LogP contribution in [0.25, 0.3) is 16.9 Å². The fraction of sp³-hybridized carbons (Fsp3) is 0.160. The third kappa shape index (κ3) is 5.67. The highest BCUT2D eigenvalue weighted by Crippen LogP contribution is 2.29. The van der Waals surface area contributed by atoms with Crippen LogP contribution in [0.2, 0.25) is 10.0 Å². The molecule has 2 aromatic carbocycles. The molecular formula is C25H22Cl2N4O2S. The van der Waals surface area contributed by atoms with Crippen molar-refractivity contribution >= 4 is 52.2 Å². The minimum atomic E-state index is -0.317. The van der Waals surface area contributed by atoms with Crippen LogP contribution in [0, 0.1) is 0 Å². The van der Waals surface area contributed by atoms with Gasteiger partial charge in [0, 0.05) is 23.1 Å². The van der Waals surface area contributed by atoms with Crippen molar-refractivity contribution in [3.63, 3.8) is 0 Å². The van der Waals surface area contributed by atoms with E-state index in [4.69, 9.17) is 23.2 Å². The molecule has 4 rings (SSSR count). The number of halogens is 2. The first-order chi connectivity index (χ1) is 16.4. The van der Waals surface area contributed by atoms with E-state index in [1.807, 2.05) is 54.8 Å². The van der Waals surface area contributed by atoms with E-state index >= 15 is 0 Å². The van der Waals surface area contributed by atoms with Gasteiger partial charge in [0.25, 0.3) is 0 Å². The van der Waals surface area contributed by atoms with Crippen LogP contribution in [0.4, 0.5) is 5.82 Å². The molecule has 2 amide bonds. The largest absolute Gasteiger partial charge is 0.333 e. The molecule has 6 nitrogen and oxygen atoms in total. The Morgan fingerprint density at radius 2 is 1.82 bits per heavy atom. The minimum Gasteiger partial charge on any atom is -0.333 e. The highest BCUT2D eigenvalue weighted by atomic mass is 35.5. The molecule has 0 bridgehead atoms. The fourth-order valence-electron chi connectivity index (χ4n) is 3.44. The Morgan fingerprint density at radius 3 is 2.50 bits per heavy atom. The zero-order chi connectivity index (χ0) is 24.1. The number of benzene rings is 2. The zero-order valence-corrected chi connectivity index (χ0v) is 20.7. The Morgan fingerprint density at radius 1 is 1.03 bits per heavy atom. The maximum absolute atomic E-state index is 12.9. The van der Waals surface area contributed by atoms with E-state index in [2.05, 4.69) is 10.4 Å². The van der Waals surface area contributed by atoms with Crippen LogP contribution in [0.5, 0.6) is 0 Å². The van der Waals surface area contributed by atoms with Gasteiger partial charge in [-0.2, -0.15) is 5.10 Å². The van der Waals surface area contributed by atoms with Gasteiger partial charge in [-0.1, -0.05) is 59.6 Å². The van der Waals surface area contributed by atoms with Gasteiger partial charge in [0.05, 0.1) is 34.4 Å². The normalized spacial score (nSPS) is 10.8. The van der Waals surface area contributed by atoms with Crippen LogP contribution < -0.4 is 5.32 Å². The SMILES string of the molecule is CCN(CC(=O)Nc1cc(-c2ccccc2)nn1-c1ccc(Cl)c(Cl)c1)C(=O)Cc1cccs1. The summed E-state index contributed by atoms with van der Waals surface area (Å²) in [5.74, 6) is 0.0502. The lowest BCUT2D eigenvalue weighted by molar-refractivity contribution is -0.133. The topological polar surface area (TPSA) is 67.2 Å². The summed E-state index contributed by atoms with van der Waals surface area (Å²) in [6.07, 6.45) is 0.276. The van der Waals surface area contributed by atoms with Crippen LogP contribution in [-0.4, -0.2) is 39.6 Å². The van der Waals surface area contributed by atoms with Crippen molar-refractivity contribution in [1.29, 1.82) is 0 Å². The van der Waals surface area contributed by atoms with Crippen molar-refractivity contribution in [3.8, 4) is 16.9 Å². The first kappa shape index (κ1) is 24.0. The molecule has 0 radical (unpaired) electrons. The van der Waals surface area contributed by atoms with Gasteiger partial charge in [-0.25, -0.2) is 4.68 Å². The van der Waals surface area contributed by atoms with E-state index < -0.39 is 0 Å². The smallest absolute Gasteiger partial charge is 0.245 e. The molecule has 4 aromatic rings. The van der Waals surface area contributed by atoms with Crippen molar-refractivity contribution < 1.29 is 9.59 Å². The third-order valence-corrected chi connectivity index (χ3v) is 6.78. The van der Waals surface area contributed by atoms with Gasteiger partial charge in [-0.05, 0) is 36.6 Å². The van der Waals surface area contributed by atoms with E-state index in [0.717, 1.165) is 10.4 Å². The summed E-state index contributed by atoms with van der Waals surface area (Å²) in [6, 6.07) is 20.4. The van der Waals surface area contributed by atoms with Gasteiger partial charge < -0.3 is 10.2 Å². The lowest BCUT2D eigenvalue weighted by Gasteiger charge is -2.20. The molecule has 0 aliphatic rings. The number of rotatable bonds is 8. The maximum atomic E-state index is 12.9. The number of amides is 2. The van der Waals surface area contributed by atoms with Crippen LogP contribution in [0.3, 0.4) is 0 Å². The summed E-state index contributed by atoms with van der Waals surface area (Å²) in [5.41, 5.74) is 2.23. The van der Waals surface area contributed by atoms with Crippen molar-refractivity contribution in [2.24, 2.45) is 0 Å². The van der Waals surface area contributed by atoms with E-state index in [1.165, 1.54) is 16.2 Å². The number of hydrogen-bond donors (Lipinski definition) is 1. The van der Waals surface area contributed by atoms with Crippen LogP contribution in [-0.2, 0) is 16.0 Å². The number of carbonyl (C=O) groups excluding carboxylic acids is 2. The molecule has 174 valence electrons. The van der Waals surface area contributed by atoms with Gasteiger partial charge in [-0.15, -0.1) is 11.3 Å². The Balaban J connectivity index is 1.58. The van der Waals surface area contributed by atoms with E-state index in [9.17, 15) is 9.59 Å². The molecule has 0 spiro atoms. The predicted molar refractivity (Wildman–Crippen MR) is 138 cm³/mol. The number of nitrogens with zero attached hydrogens (tertiary/aromatic N) is 3. The number of anilines is 1. The number of aromatic nitrogens is 2. The maximum Gasteiger partial charge on any atom is 0.245 e. The molecule has 9 heteroatoms. The highest BCUT2D eigenvalue weighted by Gasteiger charge is 2.19. The molecule has 2 heterocycles. The molecule has 0 fully saturated rings. The Labute approximate surface area is 211 Å². The number of hydrogen-bond acceptors (Lipinski definition) is 4.